The second-order valence-electron chi connectivity index (χ2n) is 9.44. The van der Waals surface area contributed by atoms with Crippen LogP contribution in [-0.2, 0) is 29.9 Å². The summed E-state index contributed by atoms with van der Waals surface area (Å²) < 4.78 is 0. The van der Waals surface area contributed by atoms with Crippen molar-refractivity contribution in [3.63, 3.8) is 0 Å². The monoisotopic (exact) mass is 591 g/mol. The summed E-state index contributed by atoms with van der Waals surface area (Å²) >= 11 is -0.556. The van der Waals surface area contributed by atoms with Crippen LogP contribution in [0.15, 0.2) is 84.9 Å². The normalized spacial score (nSPS) is 11.2. The quantitative estimate of drug-likeness (QED) is 0.103. The van der Waals surface area contributed by atoms with Crippen molar-refractivity contribution in [3.8, 4) is 22.3 Å². The zero-order chi connectivity index (χ0) is 27.0. The van der Waals surface area contributed by atoms with Gasteiger partial charge in [0, 0.05) is 9.52 Å². The van der Waals surface area contributed by atoms with E-state index in [2.05, 4.69) is 98.8 Å². The first kappa shape index (κ1) is 30.9. The van der Waals surface area contributed by atoms with Crippen molar-refractivity contribution in [3.05, 3.63) is 119 Å². The Labute approximate surface area is 249 Å². The molecular weight excluding hydrogens is 555 g/mol. The SMILES string of the molecule is CCCC[SiH]CCCC.[Cl][Ti][Cl].[c-]1cccc2c1Cc1ccccc1-2.[c-]1cccc2c1Cc1ccccc1-2. The zero-order valence-electron chi connectivity index (χ0n) is 22.6. The number of hydrogen-bond acceptors (Lipinski definition) is 0. The van der Waals surface area contributed by atoms with Crippen molar-refractivity contribution >= 4 is 28.1 Å². The van der Waals surface area contributed by atoms with Gasteiger partial charge in [-0.25, -0.2) is 0 Å². The van der Waals surface area contributed by atoms with E-state index >= 15 is 0 Å². The van der Waals surface area contributed by atoms with Crippen LogP contribution >= 0.6 is 18.6 Å². The Hall–Kier alpha value is -1.61. The summed E-state index contributed by atoms with van der Waals surface area (Å²) in [7, 11) is 10.6. The van der Waals surface area contributed by atoms with E-state index in [9.17, 15) is 0 Å². The molecular formula is C34H37Cl2SiTi-2. The third-order valence-electron chi connectivity index (χ3n) is 6.76. The summed E-state index contributed by atoms with van der Waals surface area (Å²) in [6, 6.07) is 39.3. The Morgan fingerprint density at radius 3 is 1.45 bits per heavy atom. The summed E-state index contributed by atoms with van der Waals surface area (Å²) in [4.78, 5) is 0. The van der Waals surface area contributed by atoms with Crippen LogP contribution in [0.4, 0.5) is 0 Å². The number of hydrogen-bond donors (Lipinski definition) is 0. The molecule has 0 nitrogen and oxygen atoms in total. The smallest absolute Gasteiger partial charge is 0.0253 e. The van der Waals surface area contributed by atoms with Gasteiger partial charge in [0.1, 0.15) is 0 Å². The van der Waals surface area contributed by atoms with Crippen LogP contribution in [0, 0.1) is 12.1 Å². The summed E-state index contributed by atoms with van der Waals surface area (Å²) in [5.74, 6) is 0. The predicted molar refractivity (Wildman–Crippen MR) is 165 cm³/mol. The van der Waals surface area contributed by atoms with E-state index in [0.717, 1.165) is 22.4 Å². The van der Waals surface area contributed by atoms with Crippen molar-refractivity contribution in [2.24, 2.45) is 0 Å². The average molecular weight is 593 g/mol. The molecule has 0 bridgehead atoms. The Bertz CT molecular complexity index is 1060. The number of unbranched alkanes of at least 4 members (excludes halogenated alkanes) is 2. The fourth-order valence-electron chi connectivity index (χ4n) is 4.84. The van der Waals surface area contributed by atoms with Gasteiger partial charge in [0.2, 0.25) is 0 Å². The standard InChI is InChI=1S/2C13H9.C8H19Si.2ClH.Ti/c2*1-3-7-12-10(5-1)9-11-6-2-4-8-13(11)12;1-3-5-7-9-8-6-4-2;;;/h2*1-5,7-8H,9H2;9H,3-8H2,1-2H3;2*1H;/q2*-1;;;;+2/p-2. The van der Waals surface area contributed by atoms with E-state index in [4.69, 9.17) is 18.6 Å². The third kappa shape index (κ3) is 9.25. The van der Waals surface area contributed by atoms with Crippen LogP contribution < -0.4 is 0 Å². The maximum absolute atomic E-state index is 4.89. The largest absolute Gasteiger partial charge is 0.179 e. The second kappa shape index (κ2) is 17.9. The first-order valence-corrected chi connectivity index (χ1v) is 19.6. The van der Waals surface area contributed by atoms with Crippen molar-refractivity contribution in [2.45, 2.75) is 64.5 Å². The van der Waals surface area contributed by atoms with Crippen molar-refractivity contribution < 1.29 is 17.0 Å². The molecule has 0 saturated heterocycles. The van der Waals surface area contributed by atoms with Gasteiger partial charge in [-0.3, -0.25) is 0 Å². The minimum absolute atomic E-state index is 0.556. The van der Waals surface area contributed by atoms with Gasteiger partial charge in [-0.2, -0.15) is 59.7 Å². The predicted octanol–water partition coefficient (Wildman–Crippen LogP) is 10.4. The number of benzene rings is 4. The maximum atomic E-state index is 4.89. The molecule has 38 heavy (non-hydrogen) atoms. The van der Waals surface area contributed by atoms with Crippen molar-refractivity contribution in [1.82, 2.24) is 0 Å². The van der Waals surface area contributed by atoms with Gasteiger partial charge in [0.15, 0.2) is 0 Å². The first-order valence-electron chi connectivity index (χ1n) is 13.7. The summed E-state index contributed by atoms with van der Waals surface area (Å²) in [5.41, 5.74) is 11.0. The van der Waals surface area contributed by atoms with Gasteiger partial charge in [0.25, 0.3) is 0 Å². The fraction of sp³-hybridized carbons (Fsp3) is 0.294. The molecule has 0 spiro atoms. The Kier molecular flexibility index (Phi) is 14.5. The Morgan fingerprint density at radius 1 is 0.632 bits per heavy atom. The Balaban J connectivity index is 0.000000153. The molecule has 2 aliphatic carbocycles. The molecule has 0 fully saturated rings. The van der Waals surface area contributed by atoms with Gasteiger partial charge in [-0.1, -0.05) is 122 Å². The number of fused-ring (bicyclic) bond motifs is 6. The molecule has 0 heterocycles. The Morgan fingerprint density at radius 2 is 1.03 bits per heavy atom. The molecule has 4 aromatic rings. The summed E-state index contributed by atoms with van der Waals surface area (Å²) in [6.45, 7) is 4.55. The second-order valence-corrected chi connectivity index (χ2v) is 13.7. The van der Waals surface area contributed by atoms with Gasteiger partial charge >= 0.3 is 35.6 Å². The first-order chi connectivity index (χ1) is 18.7. The molecule has 0 aromatic heterocycles. The molecule has 4 aromatic carbocycles. The molecule has 6 rings (SSSR count). The molecule has 2 aliphatic rings. The minimum Gasteiger partial charge on any atom is -0.179 e. The molecule has 0 aliphatic heterocycles. The average Bonchev–Trinajstić information content (AvgIpc) is 3.53. The van der Waals surface area contributed by atoms with Crippen LogP contribution in [-0.4, -0.2) is 9.52 Å². The molecule has 0 amide bonds. The van der Waals surface area contributed by atoms with Crippen molar-refractivity contribution in [2.75, 3.05) is 0 Å². The number of rotatable bonds is 6. The summed E-state index contributed by atoms with van der Waals surface area (Å²) in [6.07, 6.45) is 7.81. The minimum atomic E-state index is -0.556. The van der Waals surface area contributed by atoms with E-state index in [1.54, 1.807) is 0 Å². The maximum Gasteiger partial charge on any atom is -0.0253 e. The fourth-order valence-corrected chi connectivity index (χ4v) is 6.52. The van der Waals surface area contributed by atoms with E-state index in [-0.39, 0.29) is 0 Å². The zero-order valence-corrected chi connectivity index (χ0v) is 26.8. The third-order valence-corrected chi connectivity index (χ3v) is 8.39. The van der Waals surface area contributed by atoms with Gasteiger partial charge < -0.3 is 0 Å². The van der Waals surface area contributed by atoms with Crippen molar-refractivity contribution in [1.29, 1.82) is 0 Å². The van der Waals surface area contributed by atoms with Gasteiger partial charge in [-0.05, 0) is 12.8 Å². The van der Waals surface area contributed by atoms with Gasteiger partial charge in [-0.15, -0.1) is 11.1 Å². The van der Waals surface area contributed by atoms with Crippen LogP contribution in [0.3, 0.4) is 0 Å². The van der Waals surface area contributed by atoms with Crippen LogP contribution in [0.5, 0.6) is 0 Å². The van der Waals surface area contributed by atoms with Gasteiger partial charge in [0.05, 0.1) is 0 Å². The molecule has 1 radical (unpaired) electrons. The van der Waals surface area contributed by atoms with Crippen LogP contribution in [0.2, 0.25) is 12.1 Å². The van der Waals surface area contributed by atoms with Crippen LogP contribution in [0.1, 0.15) is 61.8 Å². The molecule has 0 atom stereocenters. The van der Waals surface area contributed by atoms with Crippen LogP contribution in [0.25, 0.3) is 22.3 Å². The van der Waals surface area contributed by atoms with E-state index in [1.807, 2.05) is 12.1 Å². The van der Waals surface area contributed by atoms with E-state index in [0.29, 0.717) is 0 Å². The summed E-state index contributed by atoms with van der Waals surface area (Å²) in [5, 5.41) is 0. The number of halogens is 2. The van der Waals surface area contributed by atoms with E-state index < -0.39 is 17.0 Å². The topological polar surface area (TPSA) is 0 Å². The van der Waals surface area contributed by atoms with E-state index in [1.165, 1.54) is 82.3 Å². The molecule has 197 valence electrons. The molecule has 4 heteroatoms. The molecule has 0 N–H and O–H groups in total. The molecule has 0 unspecified atom stereocenters. The molecule has 0 saturated carbocycles.